The van der Waals surface area contributed by atoms with Crippen LogP contribution in [-0.2, 0) is 20.7 Å². The van der Waals surface area contributed by atoms with Gasteiger partial charge in [0.1, 0.15) is 23.9 Å². The normalized spacial score (nSPS) is 12.8. The molecule has 148 valence electrons. The van der Waals surface area contributed by atoms with Crippen molar-refractivity contribution in [3.8, 4) is 22.6 Å². The molecule has 0 saturated carbocycles. The molecule has 30 heavy (non-hydrogen) atoms. The fraction of sp³-hybridized carbons (Fsp3) is 0.143. The molecule has 0 spiro atoms. The molecule has 5 aromatic rings. The molecule has 1 aliphatic heterocycles. The molecular weight excluding hydrogens is 387 g/mol. The number of nitrogens with zero attached hydrogens (tertiary/aromatic N) is 6. The molecule has 0 N–H and O–H groups in total. The van der Waals surface area contributed by atoms with Crippen molar-refractivity contribution in [1.82, 2.24) is 28.9 Å². The van der Waals surface area contributed by atoms with Gasteiger partial charge in [0, 0.05) is 38.1 Å². The number of halogens is 1. The van der Waals surface area contributed by atoms with Gasteiger partial charge in [-0.2, -0.15) is 5.10 Å². The minimum atomic E-state index is -0.469. The maximum absolute atomic E-state index is 15.3. The number of hydrogen-bond donors (Lipinski definition) is 0. The Labute approximate surface area is 168 Å². The van der Waals surface area contributed by atoms with Crippen LogP contribution in [0.2, 0.25) is 0 Å². The predicted octanol–water partition coefficient (Wildman–Crippen LogP) is 2.70. The monoisotopic (exact) mass is 402 g/mol. The number of aryl methyl sites for hydroxylation is 2. The van der Waals surface area contributed by atoms with Gasteiger partial charge >= 0.3 is 5.69 Å². The van der Waals surface area contributed by atoms with Crippen molar-refractivity contribution in [3.63, 3.8) is 0 Å². The van der Waals surface area contributed by atoms with Crippen LogP contribution in [-0.4, -0.2) is 28.9 Å². The Morgan fingerprint density at radius 3 is 2.87 bits per heavy atom. The maximum atomic E-state index is 15.3. The highest BCUT2D eigenvalue weighted by molar-refractivity contribution is 6.09. The zero-order valence-corrected chi connectivity index (χ0v) is 16.1. The standard InChI is InChI=1S/C21H15FN6O2/c1-26-9-11(7-25-26)17-12(22)6-13-18-19-16(8-24-13)27(2)21(29)28(19)15-4-3-5-23-14(15)10-30-20(17)18/h3-9H,10H2,1-2H3. The number of benzene rings is 1. The van der Waals surface area contributed by atoms with E-state index in [1.807, 2.05) is 6.07 Å². The summed E-state index contributed by atoms with van der Waals surface area (Å²) in [6, 6.07) is 4.98. The maximum Gasteiger partial charge on any atom is 0.333 e. The van der Waals surface area contributed by atoms with Crippen LogP contribution in [0.3, 0.4) is 0 Å². The van der Waals surface area contributed by atoms with E-state index in [1.165, 1.54) is 10.6 Å². The molecule has 0 atom stereocenters. The van der Waals surface area contributed by atoms with Crippen molar-refractivity contribution in [3.05, 3.63) is 65.0 Å². The fourth-order valence-electron chi connectivity index (χ4n) is 4.16. The highest BCUT2D eigenvalue weighted by Crippen LogP contribution is 2.43. The lowest BCUT2D eigenvalue weighted by Gasteiger charge is -2.19. The Bertz CT molecular complexity index is 1560. The highest BCUT2D eigenvalue weighted by Gasteiger charge is 2.27. The largest absolute Gasteiger partial charge is 0.486 e. The van der Waals surface area contributed by atoms with Crippen LogP contribution in [0.15, 0.2) is 47.8 Å². The summed E-state index contributed by atoms with van der Waals surface area (Å²) in [5, 5.41) is 4.75. The summed E-state index contributed by atoms with van der Waals surface area (Å²) >= 11 is 0. The van der Waals surface area contributed by atoms with Crippen molar-refractivity contribution in [2.24, 2.45) is 14.1 Å². The molecule has 0 radical (unpaired) electrons. The summed E-state index contributed by atoms with van der Waals surface area (Å²) in [6.45, 7) is 0.0825. The van der Waals surface area contributed by atoms with Gasteiger partial charge in [0.2, 0.25) is 0 Å². The molecule has 0 amide bonds. The summed E-state index contributed by atoms with van der Waals surface area (Å²) < 4.78 is 26.2. The minimum Gasteiger partial charge on any atom is -0.486 e. The van der Waals surface area contributed by atoms with E-state index >= 15 is 4.39 Å². The lowest BCUT2D eigenvalue weighted by molar-refractivity contribution is 0.304. The van der Waals surface area contributed by atoms with Crippen LogP contribution in [0.1, 0.15) is 5.69 Å². The smallest absolute Gasteiger partial charge is 0.333 e. The second-order valence-corrected chi connectivity index (χ2v) is 7.29. The van der Waals surface area contributed by atoms with E-state index in [1.54, 1.807) is 54.2 Å². The molecule has 0 saturated heterocycles. The average molecular weight is 402 g/mol. The van der Waals surface area contributed by atoms with E-state index in [-0.39, 0.29) is 17.9 Å². The Balaban J connectivity index is 1.88. The van der Waals surface area contributed by atoms with Gasteiger partial charge < -0.3 is 4.74 Å². The summed E-state index contributed by atoms with van der Waals surface area (Å²) in [5.41, 5.74) is 3.51. The molecule has 0 aliphatic carbocycles. The Morgan fingerprint density at radius 2 is 2.07 bits per heavy atom. The van der Waals surface area contributed by atoms with E-state index in [2.05, 4.69) is 15.1 Å². The van der Waals surface area contributed by atoms with Crippen LogP contribution in [0.5, 0.6) is 5.75 Å². The van der Waals surface area contributed by atoms with Crippen molar-refractivity contribution in [2.75, 3.05) is 0 Å². The van der Waals surface area contributed by atoms with Crippen molar-refractivity contribution < 1.29 is 9.13 Å². The second-order valence-electron chi connectivity index (χ2n) is 7.29. The molecule has 0 fully saturated rings. The van der Waals surface area contributed by atoms with Gasteiger partial charge in [-0.1, -0.05) is 0 Å². The number of ether oxygens (including phenoxy) is 1. The second kappa shape index (κ2) is 5.76. The quantitative estimate of drug-likeness (QED) is 0.431. The molecule has 0 unspecified atom stereocenters. The Kier molecular flexibility index (Phi) is 3.24. The molecule has 1 aromatic carbocycles. The zero-order valence-electron chi connectivity index (χ0n) is 16.1. The van der Waals surface area contributed by atoms with Gasteiger partial charge in [-0.05, 0) is 12.1 Å². The first-order valence-corrected chi connectivity index (χ1v) is 9.33. The van der Waals surface area contributed by atoms with E-state index in [4.69, 9.17) is 4.74 Å². The van der Waals surface area contributed by atoms with E-state index in [0.717, 1.165) is 0 Å². The van der Waals surface area contributed by atoms with E-state index < -0.39 is 5.82 Å². The van der Waals surface area contributed by atoms with Gasteiger partial charge in [0.25, 0.3) is 0 Å². The summed E-state index contributed by atoms with van der Waals surface area (Å²) in [4.78, 5) is 22.0. The number of fused-ring (bicyclic) bond motifs is 2. The van der Waals surface area contributed by atoms with Gasteiger partial charge in [-0.15, -0.1) is 0 Å². The third-order valence-electron chi connectivity index (χ3n) is 5.53. The first kappa shape index (κ1) is 16.9. The third kappa shape index (κ3) is 2.08. The molecular formula is C21H15FN6O2. The van der Waals surface area contributed by atoms with Gasteiger partial charge in [0.05, 0.1) is 45.6 Å². The number of rotatable bonds is 1. The molecule has 4 aromatic heterocycles. The first-order chi connectivity index (χ1) is 14.5. The molecule has 9 heteroatoms. The summed E-state index contributed by atoms with van der Waals surface area (Å²) in [7, 11) is 3.45. The van der Waals surface area contributed by atoms with Gasteiger partial charge in [-0.25, -0.2) is 9.18 Å². The topological polar surface area (TPSA) is 79.8 Å². The van der Waals surface area contributed by atoms with Crippen LogP contribution in [0, 0.1) is 5.82 Å². The summed E-state index contributed by atoms with van der Waals surface area (Å²) in [5.74, 6) is -0.143. The fourth-order valence-corrected chi connectivity index (χ4v) is 4.16. The molecule has 5 heterocycles. The lowest BCUT2D eigenvalue weighted by atomic mass is 10.0. The number of pyridine rings is 2. The minimum absolute atomic E-state index is 0.0825. The number of hydrogen-bond acceptors (Lipinski definition) is 5. The predicted molar refractivity (Wildman–Crippen MR) is 108 cm³/mol. The highest BCUT2D eigenvalue weighted by atomic mass is 19.1. The lowest BCUT2D eigenvalue weighted by Crippen LogP contribution is -2.23. The Hall–Kier alpha value is -4.01. The Morgan fingerprint density at radius 1 is 1.20 bits per heavy atom. The molecule has 8 nitrogen and oxygen atoms in total. The number of imidazole rings is 1. The van der Waals surface area contributed by atoms with Crippen LogP contribution >= 0.6 is 0 Å². The molecule has 0 bridgehead atoms. The van der Waals surface area contributed by atoms with Gasteiger partial charge in [-0.3, -0.25) is 23.8 Å². The average Bonchev–Trinajstić information content (AvgIpc) is 3.26. The van der Waals surface area contributed by atoms with Crippen LogP contribution < -0.4 is 10.4 Å². The van der Waals surface area contributed by atoms with E-state index in [9.17, 15) is 4.79 Å². The van der Waals surface area contributed by atoms with Crippen LogP contribution in [0.25, 0.3) is 38.8 Å². The first-order valence-electron chi connectivity index (χ1n) is 9.33. The van der Waals surface area contributed by atoms with E-state index in [0.29, 0.717) is 44.6 Å². The van der Waals surface area contributed by atoms with Crippen LogP contribution in [0.4, 0.5) is 4.39 Å². The molecule has 1 aliphatic rings. The number of aromatic nitrogens is 6. The van der Waals surface area contributed by atoms with Gasteiger partial charge in [0.15, 0.2) is 0 Å². The van der Waals surface area contributed by atoms with Crippen molar-refractivity contribution in [1.29, 1.82) is 0 Å². The van der Waals surface area contributed by atoms with Crippen molar-refractivity contribution in [2.45, 2.75) is 6.61 Å². The third-order valence-corrected chi connectivity index (χ3v) is 5.53. The zero-order chi connectivity index (χ0) is 20.6. The van der Waals surface area contributed by atoms with Crippen molar-refractivity contribution >= 4 is 21.9 Å². The SMILES string of the molecule is Cn1cc(-c2c(F)cc3ncc4c5c3c2OCc2ncccc2-n5c(=O)n4C)cn1. The summed E-state index contributed by atoms with van der Waals surface area (Å²) in [6.07, 6.45) is 6.53. The molecule has 6 rings (SSSR count).